The molecule has 0 bridgehead atoms. The van der Waals surface area contributed by atoms with Crippen molar-refractivity contribution >= 4 is 17.3 Å². The van der Waals surface area contributed by atoms with Crippen LogP contribution in [0.25, 0.3) is 0 Å². The number of unbranched alkanes of at least 4 members (excludes halogenated alkanes) is 2. The zero-order chi connectivity index (χ0) is 18.3. The van der Waals surface area contributed by atoms with E-state index in [1.54, 1.807) is 12.3 Å². The third-order valence-electron chi connectivity index (χ3n) is 3.56. The van der Waals surface area contributed by atoms with Crippen LogP contribution in [0.5, 0.6) is 0 Å². The monoisotopic (exact) mass is 351 g/mol. The molecular formula is C18H20F3N3O. The van der Waals surface area contributed by atoms with E-state index in [4.69, 9.17) is 0 Å². The Labute approximate surface area is 144 Å². The van der Waals surface area contributed by atoms with E-state index in [0.717, 1.165) is 37.9 Å². The van der Waals surface area contributed by atoms with E-state index in [0.29, 0.717) is 5.69 Å². The Hall–Kier alpha value is -2.57. The number of amides is 1. The Morgan fingerprint density at radius 2 is 1.92 bits per heavy atom. The summed E-state index contributed by atoms with van der Waals surface area (Å²) in [5.41, 5.74) is 0.251. The van der Waals surface area contributed by atoms with Crippen molar-refractivity contribution in [2.24, 2.45) is 0 Å². The lowest BCUT2D eigenvalue weighted by molar-refractivity contribution is -0.137. The highest BCUT2D eigenvalue weighted by atomic mass is 19.4. The number of pyridine rings is 1. The predicted molar refractivity (Wildman–Crippen MR) is 91.6 cm³/mol. The number of hydrogen-bond acceptors (Lipinski definition) is 3. The van der Waals surface area contributed by atoms with E-state index in [2.05, 4.69) is 22.5 Å². The molecule has 1 aromatic heterocycles. The lowest BCUT2D eigenvalue weighted by Crippen LogP contribution is -2.14. The molecule has 0 atom stereocenters. The fraction of sp³-hybridized carbons (Fsp3) is 0.333. The summed E-state index contributed by atoms with van der Waals surface area (Å²) in [7, 11) is 0. The quantitative estimate of drug-likeness (QED) is 0.694. The van der Waals surface area contributed by atoms with Crippen LogP contribution in [0.4, 0.5) is 24.5 Å². The van der Waals surface area contributed by atoms with Gasteiger partial charge >= 0.3 is 6.18 Å². The molecule has 0 saturated carbocycles. The van der Waals surface area contributed by atoms with Gasteiger partial charge in [-0.25, -0.2) is 0 Å². The van der Waals surface area contributed by atoms with Gasteiger partial charge in [-0.1, -0.05) is 25.8 Å². The number of benzene rings is 1. The topological polar surface area (TPSA) is 54.0 Å². The lowest BCUT2D eigenvalue weighted by atomic mass is 10.2. The van der Waals surface area contributed by atoms with E-state index >= 15 is 0 Å². The molecule has 0 unspecified atom stereocenters. The molecule has 0 aliphatic rings. The summed E-state index contributed by atoms with van der Waals surface area (Å²) in [5, 5.41) is 5.64. The molecular weight excluding hydrogens is 331 g/mol. The van der Waals surface area contributed by atoms with E-state index < -0.39 is 17.6 Å². The van der Waals surface area contributed by atoms with Gasteiger partial charge in [-0.2, -0.15) is 13.2 Å². The summed E-state index contributed by atoms with van der Waals surface area (Å²) in [6.07, 6.45) is 1.75. The molecule has 0 fully saturated rings. The Bertz CT molecular complexity index is 717. The predicted octanol–water partition coefficient (Wildman–Crippen LogP) is 4.95. The van der Waals surface area contributed by atoms with Gasteiger partial charge < -0.3 is 10.6 Å². The molecule has 1 amide bonds. The number of carbonyl (C=O) groups is 1. The van der Waals surface area contributed by atoms with Crippen molar-refractivity contribution in [3.63, 3.8) is 0 Å². The third kappa shape index (κ3) is 5.77. The largest absolute Gasteiger partial charge is 0.416 e. The van der Waals surface area contributed by atoms with Crippen molar-refractivity contribution in [1.29, 1.82) is 0 Å². The molecule has 0 aliphatic heterocycles. The van der Waals surface area contributed by atoms with E-state index in [-0.39, 0.29) is 11.3 Å². The smallest absolute Gasteiger partial charge is 0.384 e. The van der Waals surface area contributed by atoms with Crippen molar-refractivity contribution in [3.8, 4) is 0 Å². The maximum atomic E-state index is 12.7. The average molecular weight is 351 g/mol. The normalized spacial score (nSPS) is 11.2. The van der Waals surface area contributed by atoms with Gasteiger partial charge in [-0.15, -0.1) is 0 Å². The minimum absolute atomic E-state index is 0.0844. The fourth-order valence-electron chi connectivity index (χ4n) is 2.25. The van der Waals surface area contributed by atoms with E-state index in [1.807, 2.05) is 0 Å². The van der Waals surface area contributed by atoms with Gasteiger partial charge in [0.2, 0.25) is 0 Å². The molecule has 2 rings (SSSR count). The number of carbonyl (C=O) groups excluding carboxylic acids is 1. The minimum Gasteiger partial charge on any atom is -0.384 e. The van der Waals surface area contributed by atoms with Crippen molar-refractivity contribution < 1.29 is 18.0 Å². The summed E-state index contributed by atoms with van der Waals surface area (Å²) in [6, 6.07) is 6.15. The Balaban J connectivity index is 2.03. The molecule has 0 saturated heterocycles. The zero-order valence-corrected chi connectivity index (χ0v) is 13.9. The number of rotatable bonds is 7. The first-order valence-electron chi connectivity index (χ1n) is 8.07. The number of nitrogens with zero attached hydrogens (tertiary/aromatic N) is 1. The highest BCUT2D eigenvalue weighted by Crippen LogP contribution is 2.30. The van der Waals surface area contributed by atoms with Crippen LogP contribution in [-0.4, -0.2) is 17.4 Å². The van der Waals surface area contributed by atoms with Crippen LogP contribution < -0.4 is 10.6 Å². The van der Waals surface area contributed by atoms with Crippen LogP contribution in [0.15, 0.2) is 42.7 Å². The molecule has 4 nitrogen and oxygen atoms in total. The number of halogens is 3. The van der Waals surface area contributed by atoms with E-state index in [9.17, 15) is 18.0 Å². The maximum Gasteiger partial charge on any atom is 0.416 e. The van der Waals surface area contributed by atoms with Gasteiger partial charge in [-0.3, -0.25) is 9.78 Å². The highest BCUT2D eigenvalue weighted by molar-refractivity contribution is 6.04. The van der Waals surface area contributed by atoms with Crippen molar-refractivity contribution in [2.75, 3.05) is 17.2 Å². The van der Waals surface area contributed by atoms with Crippen LogP contribution in [0.1, 0.15) is 42.1 Å². The van der Waals surface area contributed by atoms with Gasteiger partial charge in [0.05, 0.1) is 16.8 Å². The molecule has 134 valence electrons. The summed E-state index contributed by atoms with van der Waals surface area (Å²) in [4.78, 5) is 16.2. The number of hydrogen-bond donors (Lipinski definition) is 2. The lowest BCUT2D eigenvalue weighted by Gasteiger charge is -2.11. The van der Waals surface area contributed by atoms with Crippen molar-refractivity contribution in [1.82, 2.24) is 4.98 Å². The first-order valence-corrected chi connectivity index (χ1v) is 8.07. The van der Waals surface area contributed by atoms with Gasteiger partial charge in [0, 0.05) is 24.6 Å². The highest BCUT2D eigenvalue weighted by Gasteiger charge is 2.30. The maximum absolute atomic E-state index is 12.7. The molecule has 0 radical (unpaired) electrons. The Kier molecular flexibility index (Phi) is 6.38. The zero-order valence-electron chi connectivity index (χ0n) is 13.9. The summed E-state index contributed by atoms with van der Waals surface area (Å²) in [6.45, 7) is 2.88. The van der Waals surface area contributed by atoms with Crippen LogP contribution >= 0.6 is 0 Å². The number of anilines is 2. The molecule has 2 N–H and O–H groups in total. The molecule has 1 aromatic carbocycles. The fourth-order valence-corrected chi connectivity index (χ4v) is 2.25. The van der Waals surface area contributed by atoms with Gasteiger partial charge in [0.25, 0.3) is 5.91 Å². The van der Waals surface area contributed by atoms with Crippen LogP contribution in [-0.2, 0) is 6.18 Å². The summed E-state index contributed by atoms with van der Waals surface area (Å²) < 4.78 is 38.2. The van der Waals surface area contributed by atoms with Gasteiger partial charge in [0.15, 0.2) is 0 Å². The minimum atomic E-state index is -4.45. The molecule has 2 aromatic rings. The van der Waals surface area contributed by atoms with Crippen molar-refractivity contribution in [2.45, 2.75) is 32.4 Å². The third-order valence-corrected chi connectivity index (χ3v) is 3.56. The first-order chi connectivity index (χ1) is 11.9. The second kappa shape index (κ2) is 8.50. The molecule has 7 heteroatoms. The number of aromatic nitrogens is 1. The van der Waals surface area contributed by atoms with Gasteiger partial charge in [0.1, 0.15) is 0 Å². The number of alkyl halides is 3. The molecule has 25 heavy (non-hydrogen) atoms. The SMILES string of the molecule is CCCCCNc1cncc(C(=O)Nc2cccc(C(F)(F)F)c2)c1. The molecule has 0 aliphatic carbocycles. The summed E-state index contributed by atoms with van der Waals surface area (Å²) >= 11 is 0. The summed E-state index contributed by atoms with van der Waals surface area (Å²) in [5.74, 6) is -0.510. The van der Waals surface area contributed by atoms with Crippen LogP contribution in [0.2, 0.25) is 0 Å². The molecule has 0 spiro atoms. The standard InChI is InChI=1S/C18H20F3N3O/c1-2-3-4-8-23-16-9-13(11-22-12-16)17(25)24-15-7-5-6-14(10-15)18(19,20)21/h5-7,9-12,23H,2-4,8H2,1H3,(H,24,25). The number of nitrogens with one attached hydrogen (secondary N) is 2. The van der Waals surface area contributed by atoms with Crippen LogP contribution in [0.3, 0.4) is 0 Å². The first kappa shape index (κ1) is 18.8. The molecule has 1 heterocycles. The average Bonchev–Trinajstić information content (AvgIpc) is 2.58. The Morgan fingerprint density at radius 3 is 2.64 bits per heavy atom. The second-order valence-electron chi connectivity index (χ2n) is 5.63. The van der Waals surface area contributed by atoms with Crippen LogP contribution in [0, 0.1) is 0 Å². The van der Waals surface area contributed by atoms with Gasteiger partial charge in [-0.05, 0) is 30.7 Å². The van der Waals surface area contributed by atoms with Crippen molar-refractivity contribution in [3.05, 3.63) is 53.9 Å². The van der Waals surface area contributed by atoms with E-state index in [1.165, 1.54) is 18.3 Å². The second-order valence-corrected chi connectivity index (χ2v) is 5.63. The Morgan fingerprint density at radius 1 is 1.12 bits per heavy atom.